The van der Waals surface area contributed by atoms with Crippen LogP contribution in [0.3, 0.4) is 0 Å². The topological polar surface area (TPSA) is 68.4 Å². The van der Waals surface area contributed by atoms with Gasteiger partial charge < -0.3 is 14.5 Å². The highest BCUT2D eigenvalue weighted by molar-refractivity contribution is 6.06. The third-order valence-corrected chi connectivity index (χ3v) is 3.10. The quantitative estimate of drug-likeness (QED) is 0.875. The molecule has 1 N–H and O–H groups in total. The molecular formula is C17H20FNO4. The van der Waals surface area contributed by atoms with Gasteiger partial charge in [-0.05, 0) is 24.6 Å². The van der Waals surface area contributed by atoms with E-state index in [4.69, 9.17) is 9.47 Å². The van der Waals surface area contributed by atoms with Crippen molar-refractivity contribution in [3.05, 3.63) is 47.0 Å². The molecule has 0 aliphatic carbocycles. The van der Waals surface area contributed by atoms with Gasteiger partial charge in [0.2, 0.25) is 0 Å². The standard InChI is InChI=1S/C15H14FNO4.C2H6/c1-8-11(14(18)20-2)12(13(17-8)15(19)21-3)9-4-6-10(16)7-5-9;1-2/h4-7,17H,1-3H3;1-2H3. The van der Waals surface area contributed by atoms with Crippen LogP contribution < -0.4 is 0 Å². The SMILES string of the molecule is CC.COC(=O)c1[nH]c(C)c(C(=O)OC)c1-c1ccc(F)cc1. The first-order valence-electron chi connectivity index (χ1n) is 7.14. The second-order valence-electron chi connectivity index (χ2n) is 4.37. The van der Waals surface area contributed by atoms with E-state index in [1.54, 1.807) is 6.92 Å². The Bertz CT molecular complexity index is 689. The number of halogens is 1. The minimum absolute atomic E-state index is 0.127. The smallest absolute Gasteiger partial charge is 0.355 e. The maximum Gasteiger partial charge on any atom is 0.355 e. The van der Waals surface area contributed by atoms with E-state index < -0.39 is 17.8 Å². The number of aryl methyl sites for hydroxylation is 1. The van der Waals surface area contributed by atoms with Gasteiger partial charge in [-0.2, -0.15) is 0 Å². The summed E-state index contributed by atoms with van der Waals surface area (Å²) in [5, 5.41) is 0. The highest BCUT2D eigenvalue weighted by Crippen LogP contribution is 2.31. The fourth-order valence-corrected chi connectivity index (χ4v) is 2.14. The highest BCUT2D eigenvalue weighted by Gasteiger charge is 2.26. The summed E-state index contributed by atoms with van der Waals surface area (Å²) in [5.41, 5.74) is 1.68. The maximum absolute atomic E-state index is 13.1. The summed E-state index contributed by atoms with van der Waals surface area (Å²) in [6, 6.07) is 5.47. The molecule has 6 heteroatoms. The largest absolute Gasteiger partial charge is 0.465 e. The number of methoxy groups -OCH3 is 2. The highest BCUT2D eigenvalue weighted by atomic mass is 19.1. The van der Waals surface area contributed by atoms with E-state index in [9.17, 15) is 14.0 Å². The second-order valence-corrected chi connectivity index (χ2v) is 4.37. The van der Waals surface area contributed by atoms with Gasteiger partial charge in [-0.3, -0.25) is 0 Å². The van der Waals surface area contributed by atoms with Crippen molar-refractivity contribution < 1.29 is 23.5 Å². The first kappa shape index (κ1) is 18.4. The molecule has 0 aliphatic heterocycles. The molecule has 0 amide bonds. The molecule has 0 bridgehead atoms. The molecule has 0 aliphatic rings. The van der Waals surface area contributed by atoms with E-state index in [0.717, 1.165) is 0 Å². The van der Waals surface area contributed by atoms with Crippen LogP contribution in [-0.4, -0.2) is 31.1 Å². The minimum Gasteiger partial charge on any atom is -0.465 e. The Balaban J connectivity index is 0.00000127. The lowest BCUT2D eigenvalue weighted by Gasteiger charge is -2.06. The first-order valence-corrected chi connectivity index (χ1v) is 7.14. The van der Waals surface area contributed by atoms with Gasteiger partial charge in [-0.1, -0.05) is 26.0 Å². The molecule has 1 aromatic carbocycles. The Morgan fingerprint density at radius 2 is 1.52 bits per heavy atom. The average molecular weight is 321 g/mol. The summed E-state index contributed by atoms with van der Waals surface area (Å²) in [6.07, 6.45) is 0. The summed E-state index contributed by atoms with van der Waals surface area (Å²) in [7, 11) is 2.49. The molecule has 2 rings (SSSR count). The number of rotatable bonds is 3. The Hall–Kier alpha value is -2.63. The van der Waals surface area contributed by atoms with Gasteiger partial charge in [0, 0.05) is 11.3 Å². The molecule has 0 fully saturated rings. The summed E-state index contributed by atoms with van der Waals surface area (Å²) in [6.45, 7) is 5.64. The Morgan fingerprint density at radius 3 is 2.00 bits per heavy atom. The number of ether oxygens (including phenoxy) is 2. The third-order valence-electron chi connectivity index (χ3n) is 3.10. The zero-order valence-corrected chi connectivity index (χ0v) is 13.8. The lowest BCUT2D eigenvalue weighted by molar-refractivity contribution is 0.0593. The number of aromatic nitrogens is 1. The molecule has 5 nitrogen and oxygen atoms in total. The number of nitrogens with one attached hydrogen (secondary N) is 1. The van der Waals surface area contributed by atoms with Crippen LogP contribution in [0.25, 0.3) is 11.1 Å². The molecule has 1 aromatic heterocycles. The average Bonchev–Trinajstić information content (AvgIpc) is 2.93. The van der Waals surface area contributed by atoms with Gasteiger partial charge in [-0.25, -0.2) is 14.0 Å². The monoisotopic (exact) mass is 321 g/mol. The van der Waals surface area contributed by atoms with Gasteiger partial charge in [0.25, 0.3) is 0 Å². The maximum atomic E-state index is 13.1. The van der Waals surface area contributed by atoms with Gasteiger partial charge in [-0.15, -0.1) is 0 Å². The van der Waals surface area contributed by atoms with Crippen LogP contribution in [0, 0.1) is 12.7 Å². The van der Waals surface area contributed by atoms with E-state index >= 15 is 0 Å². The first-order chi connectivity index (χ1) is 11.0. The number of carbonyl (C=O) groups is 2. The lowest BCUT2D eigenvalue weighted by Crippen LogP contribution is -2.06. The Labute approximate surface area is 134 Å². The van der Waals surface area contributed by atoms with Crippen LogP contribution in [0.15, 0.2) is 24.3 Å². The molecule has 0 unspecified atom stereocenters. The summed E-state index contributed by atoms with van der Waals surface area (Å²) in [4.78, 5) is 26.6. The van der Waals surface area contributed by atoms with Crippen LogP contribution in [0.1, 0.15) is 40.4 Å². The number of H-pyrrole nitrogens is 1. The Morgan fingerprint density at radius 1 is 1.00 bits per heavy atom. The van der Waals surface area contributed by atoms with Crippen molar-refractivity contribution in [3.8, 4) is 11.1 Å². The summed E-state index contributed by atoms with van der Waals surface area (Å²) < 4.78 is 22.5. The van der Waals surface area contributed by atoms with Crippen molar-refractivity contribution in [2.75, 3.05) is 14.2 Å². The van der Waals surface area contributed by atoms with Gasteiger partial charge in [0.15, 0.2) is 0 Å². The molecule has 2 aromatic rings. The van der Waals surface area contributed by atoms with Gasteiger partial charge >= 0.3 is 11.9 Å². The van der Waals surface area contributed by atoms with E-state index in [2.05, 4.69) is 4.98 Å². The van der Waals surface area contributed by atoms with Gasteiger partial charge in [0.1, 0.15) is 11.5 Å². The predicted octanol–water partition coefficient (Wildman–Crippen LogP) is 3.73. The van der Waals surface area contributed by atoms with Crippen molar-refractivity contribution in [1.82, 2.24) is 4.98 Å². The Kier molecular flexibility index (Phi) is 6.50. The number of hydrogen-bond donors (Lipinski definition) is 1. The van der Waals surface area contributed by atoms with Crippen molar-refractivity contribution in [2.24, 2.45) is 0 Å². The predicted molar refractivity (Wildman–Crippen MR) is 85.0 cm³/mol. The van der Waals surface area contributed by atoms with Gasteiger partial charge in [0.05, 0.1) is 19.8 Å². The van der Waals surface area contributed by atoms with Crippen molar-refractivity contribution in [2.45, 2.75) is 20.8 Å². The van der Waals surface area contributed by atoms with E-state index in [-0.39, 0.29) is 11.3 Å². The number of esters is 2. The normalized spacial score (nSPS) is 9.65. The van der Waals surface area contributed by atoms with E-state index in [0.29, 0.717) is 16.8 Å². The molecule has 0 atom stereocenters. The van der Waals surface area contributed by atoms with E-state index in [1.165, 1.54) is 38.5 Å². The van der Waals surface area contributed by atoms with Crippen LogP contribution in [0.5, 0.6) is 0 Å². The molecule has 0 spiro atoms. The third kappa shape index (κ3) is 3.77. The fourth-order valence-electron chi connectivity index (χ4n) is 2.14. The minimum atomic E-state index is -0.618. The number of carbonyl (C=O) groups excluding carboxylic acids is 2. The molecule has 23 heavy (non-hydrogen) atoms. The molecule has 0 radical (unpaired) electrons. The van der Waals surface area contributed by atoms with Crippen LogP contribution in [0.4, 0.5) is 4.39 Å². The number of benzene rings is 1. The van der Waals surface area contributed by atoms with Crippen LogP contribution in [0.2, 0.25) is 0 Å². The zero-order chi connectivity index (χ0) is 17.6. The van der Waals surface area contributed by atoms with Crippen molar-refractivity contribution in [1.29, 1.82) is 0 Å². The molecule has 0 saturated carbocycles. The van der Waals surface area contributed by atoms with E-state index in [1.807, 2.05) is 13.8 Å². The molecule has 124 valence electrons. The van der Waals surface area contributed by atoms with Crippen molar-refractivity contribution >= 4 is 11.9 Å². The summed E-state index contributed by atoms with van der Waals surface area (Å²) in [5.74, 6) is -1.61. The fraction of sp³-hybridized carbons (Fsp3) is 0.294. The molecule has 0 saturated heterocycles. The molecule has 1 heterocycles. The zero-order valence-electron chi connectivity index (χ0n) is 13.8. The lowest BCUT2D eigenvalue weighted by atomic mass is 10.00. The van der Waals surface area contributed by atoms with Crippen LogP contribution >= 0.6 is 0 Å². The molecular weight excluding hydrogens is 301 g/mol. The summed E-state index contributed by atoms with van der Waals surface area (Å²) >= 11 is 0. The van der Waals surface area contributed by atoms with Crippen LogP contribution in [-0.2, 0) is 9.47 Å². The number of hydrogen-bond acceptors (Lipinski definition) is 4. The number of aromatic amines is 1. The second kappa shape index (κ2) is 8.12. The van der Waals surface area contributed by atoms with Crippen molar-refractivity contribution in [3.63, 3.8) is 0 Å².